The number of aliphatic hydroxyl groups is 1. The van der Waals surface area contributed by atoms with Gasteiger partial charge in [0, 0.05) is 13.2 Å². The van der Waals surface area contributed by atoms with Crippen molar-refractivity contribution < 1.29 is 5.11 Å². The molecule has 1 aromatic heterocycles. The lowest BCUT2D eigenvalue weighted by molar-refractivity contribution is 0.292. The fourth-order valence-electron chi connectivity index (χ4n) is 0.837. The first kappa shape index (κ1) is 9.53. The van der Waals surface area contributed by atoms with Crippen LogP contribution in [0.3, 0.4) is 0 Å². The average molecular weight is 184 g/mol. The van der Waals surface area contributed by atoms with Gasteiger partial charge in [-0.3, -0.25) is 4.79 Å². The fraction of sp³-hybridized carbons (Fsp3) is 0.429. The van der Waals surface area contributed by atoms with Gasteiger partial charge in [-0.25, -0.2) is 4.98 Å². The van der Waals surface area contributed by atoms with Gasteiger partial charge in [0.2, 0.25) is 0 Å². The van der Waals surface area contributed by atoms with Gasteiger partial charge in [0.1, 0.15) is 5.69 Å². The number of anilines is 2. The summed E-state index contributed by atoms with van der Waals surface area (Å²) in [5.74, 6) is 0.359. The van der Waals surface area contributed by atoms with Crippen LogP contribution in [-0.4, -0.2) is 28.2 Å². The molecule has 0 unspecified atom stereocenters. The Kier molecular flexibility index (Phi) is 3.27. The van der Waals surface area contributed by atoms with Crippen LogP contribution in [0.2, 0.25) is 0 Å². The number of aromatic amines is 1. The molecule has 1 heterocycles. The fourth-order valence-corrected chi connectivity index (χ4v) is 0.837. The van der Waals surface area contributed by atoms with E-state index in [2.05, 4.69) is 15.3 Å². The number of nitrogens with two attached hydrogens (primary N) is 1. The van der Waals surface area contributed by atoms with Gasteiger partial charge in [0.15, 0.2) is 5.82 Å². The molecule has 0 saturated carbocycles. The van der Waals surface area contributed by atoms with Crippen LogP contribution in [0.4, 0.5) is 11.5 Å². The molecule has 0 aliphatic carbocycles. The summed E-state index contributed by atoms with van der Waals surface area (Å²) in [4.78, 5) is 17.1. The minimum Gasteiger partial charge on any atom is -0.396 e. The molecule has 0 bridgehead atoms. The highest BCUT2D eigenvalue weighted by Crippen LogP contribution is 2.06. The molecule has 0 radical (unpaired) electrons. The summed E-state index contributed by atoms with van der Waals surface area (Å²) in [5.41, 5.74) is 5.14. The Bertz CT molecular complexity index is 323. The molecule has 0 fully saturated rings. The predicted octanol–water partition coefficient (Wildman–Crippen LogP) is -0.854. The van der Waals surface area contributed by atoms with Gasteiger partial charge in [-0.2, -0.15) is 0 Å². The Morgan fingerprint density at radius 2 is 2.46 bits per heavy atom. The second-order valence-corrected chi connectivity index (χ2v) is 2.50. The molecule has 0 amide bonds. The van der Waals surface area contributed by atoms with Crippen LogP contribution >= 0.6 is 0 Å². The highest BCUT2D eigenvalue weighted by molar-refractivity contribution is 5.58. The van der Waals surface area contributed by atoms with Gasteiger partial charge in [0.25, 0.3) is 5.56 Å². The van der Waals surface area contributed by atoms with Gasteiger partial charge in [-0.1, -0.05) is 0 Å². The van der Waals surface area contributed by atoms with E-state index < -0.39 is 0 Å². The van der Waals surface area contributed by atoms with Crippen LogP contribution in [0.15, 0.2) is 11.1 Å². The molecular formula is C7H12N4O2. The summed E-state index contributed by atoms with van der Waals surface area (Å²) in [6, 6.07) is 0. The summed E-state index contributed by atoms with van der Waals surface area (Å²) in [6.07, 6.45) is 1.87. The monoisotopic (exact) mass is 184 g/mol. The Morgan fingerprint density at radius 1 is 1.69 bits per heavy atom. The van der Waals surface area contributed by atoms with Crippen LogP contribution in [0.1, 0.15) is 6.42 Å². The van der Waals surface area contributed by atoms with Crippen molar-refractivity contribution in [3.63, 3.8) is 0 Å². The van der Waals surface area contributed by atoms with E-state index in [1.807, 2.05) is 0 Å². The average Bonchev–Trinajstić information content (AvgIpc) is 2.13. The molecule has 1 rings (SSSR count). The van der Waals surface area contributed by atoms with E-state index in [0.717, 1.165) is 0 Å². The molecule has 0 spiro atoms. The van der Waals surface area contributed by atoms with Crippen molar-refractivity contribution >= 4 is 11.5 Å². The standard InChI is InChI=1S/C7H12N4O2/c8-5-6(9-2-1-3-12)10-4-11-7(5)13/h4,12H,1-3,8H2,(H2,9,10,11,13). The van der Waals surface area contributed by atoms with Crippen molar-refractivity contribution in [2.75, 3.05) is 24.2 Å². The topological polar surface area (TPSA) is 104 Å². The van der Waals surface area contributed by atoms with Crippen molar-refractivity contribution in [1.29, 1.82) is 0 Å². The number of H-pyrrole nitrogens is 1. The van der Waals surface area contributed by atoms with E-state index in [4.69, 9.17) is 10.8 Å². The lowest BCUT2D eigenvalue weighted by Gasteiger charge is -2.05. The minimum atomic E-state index is -0.360. The smallest absolute Gasteiger partial charge is 0.276 e. The van der Waals surface area contributed by atoms with E-state index in [1.54, 1.807) is 0 Å². The zero-order valence-electron chi connectivity index (χ0n) is 7.08. The highest BCUT2D eigenvalue weighted by atomic mass is 16.3. The molecule has 6 nitrogen and oxygen atoms in total. The SMILES string of the molecule is Nc1c(NCCCO)nc[nH]c1=O. The summed E-state index contributed by atoms with van der Waals surface area (Å²) < 4.78 is 0. The summed E-state index contributed by atoms with van der Waals surface area (Å²) >= 11 is 0. The highest BCUT2D eigenvalue weighted by Gasteiger charge is 2.01. The molecule has 72 valence electrons. The number of nitrogens with one attached hydrogen (secondary N) is 2. The number of nitrogen functional groups attached to an aromatic ring is 1. The zero-order valence-corrected chi connectivity index (χ0v) is 7.08. The number of rotatable bonds is 4. The molecule has 1 aromatic rings. The van der Waals surface area contributed by atoms with Crippen molar-refractivity contribution in [3.05, 3.63) is 16.7 Å². The quantitative estimate of drug-likeness (QED) is 0.456. The predicted molar refractivity (Wildman–Crippen MR) is 49.5 cm³/mol. The maximum atomic E-state index is 11.0. The molecule has 6 heteroatoms. The van der Waals surface area contributed by atoms with E-state index in [9.17, 15) is 4.79 Å². The molecule has 13 heavy (non-hydrogen) atoms. The minimum absolute atomic E-state index is 0.0699. The van der Waals surface area contributed by atoms with Crippen molar-refractivity contribution in [2.24, 2.45) is 0 Å². The first-order valence-corrected chi connectivity index (χ1v) is 3.93. The van der Waals surface area contributed by atoms with E-state index >= 15 is 0 Å². The van der Waals surface area contributed by atoms with Gasteiger partial charge in [-0.05, 0) is 6.42 Å². The van der Waals surface area contributed by atoms with Crippen molar-refractivity contribution in [1.82, 2.24) is 9.97 Å². The lowest BCUT2D eigenvalue weighted by Crippen LogP contribution is -2.16. The van der Waals surface area contributed by atoms with Crippen LogP contribution in [0, 0.1) is 0 Å². The first-order chi connectivity index (χ1) is 6.25. The van der Waals surface area contributed by atoms with E-state index in [1.165, 1.54) is 6.33 Å². The molecule has 5 N–H and O–H groups in total. The van der Waals surface area contributed by atoms with Crippen molar-refractivity contribution in [3.8, 4) is 0 Å². The second kappa shape index (κ2) is 4.46. The lowest BCUT2D eigenvalue weighted by atomic mass is 10.4. The third-order valence-electron chi connectivity index (χ3n) is 1.52. The normalized spacial score (nSPS) is 9.92. The molecule has 0 aromatic carbocycles. The number of hydrogen-bond acceptors (Lipinski definition) is 5. The van der Waals surface area contributed by atoms with E-state index in [-0.39, 0.29) is 17.9 Å². The Hall–Kier alpha value is -1.56. The molecule has 0 atom stereocenters. The first-order valence-electron chi connectivity index (χ1n) is 3.93. The molecule has 0 aliphatic heterocycles. The Balaban J connectivity index is 2.66. The van der Waals surface area contributed by atoms with Crippen LogP contribution in [0.5, 0.6) is 0 Å². The van der Waals surface area contributed by atoms with Gasteiger partial charge >= 0.3 is 0 Å². The zero-order chi connectivity index (χ0) is 9.68. The van der Waals surface area contributed by atoms with Crippen LogP contribution in [-0.2, 0) is 0 Å². The number of aliphatic hydroxyl groups excluding tert-OH is 1. The van der Waals surface area contributed by atoms with Gasteiger partial charge < -0.3 is 21.1 Å². The van der Waals surface area contributed by atoms with Gasteiger partial charge in [-0.15, -0.1) is 0 Å². The Morgan fingerprint density at radius 3 is 3.15 bits per heavy atom. The largest absolute Gasteiger partial charge is 0.396 e. The number of nitrogens with zero attached hydrogens (tertiary/aromatic N) is 1. The second-order valence-electron chi connectivity index (χ2n) is 2.50. The maximum Gasteiger partial charge on any atom is 0.276 e. The molecular weight excluding hydrogens is 172 g/mol. The van der Waals surface area contributed by atoms with Crippen molar-refractivity contribution in [2.45, 2.75) is 6.42 Å². The van der Waals surface area contributed by atoms with Gasteiger partial charge in [0.05, 0.1) is 6.33 Å². The summed E-state index contributed by atoms with van der Waals surface area (Å²) in [7, 11) is 0. The third kappa shape index (κ3) is 2.45. The van der Waals surface area contributed by atoms with Crippen LogP contribution in [0.25, 0.3) is 0 Å². The summed E-state index contributed by atoms with van der Waals surface area (Å²) in [6.45, 7) is 0.632. The number of hydrogen-bond donors (Lipinski definition) is 4. The Labute approximate surface area is 74.8 Å². The molecule has 0 aliphatic rings. The maximum absolute atomic E-state index is 11.0. The summed E-state index contributed by atoms with van der Waals surface area (Å²) in [5, 5.41) is 11.3. The van der Waals surface area contributed by atoms with Crippen LogP contribution < -0.4 is 16.6 Å². The third-order valence-corrected chi connectivity index (χ3v) is 1.52. The number of aromatic nitrogens is 2. The molecule has 0 saturated heterocycles. The van der Waals surface area contributed by atoms with E-state index in [0.29, 0.717) is 18.8 Å².